The number of hydrogen-bond donors (Lipinski definition) is 1. The molecule has 0 spiro atoms. The van der Waals surface area contributed by atoms with Gasteiger partial charge in [-0.2, -0.15) is 0 Å². The predicted octanol–water partition coefficient (Wildman–Crippen LogP) is 1.68. The molecule has 1 aromatic carbocycles. The van der Waals surface area contributed by atoms with Gasteiger partial charge in [-0.15, -0.1) is 6.42 Å². The van der Waals surface area contributed by atoms with Gasteiger partial charge in [0.2, 0.25) is 0 Å². The van der Waals surface area contributed by atoms with Crippen LogP contribution in [-0.4, -0.2) is 5.11 Å². The molecule has 0 amide bonds. The maximum Gasteiger partial charge on any atom is 0.119 e. The molecule has 0 atom stereocenters. The van der Waals surface area contributed by atoms with Crippen LogP contribution in [0.1, 0.15) is 11.1 Å². The van der Waals surface area contributed by atoms with Gasteiger partial charge in [-0.25, -0.2) is 0 Å². The van der Waals surface area contributed by atoms with Crippen molar-refractivity contribution in [2.24, 2.45) is 0 Å². The molecule has 0 aliphatic heterocycles. The van der Waals surface area contributed by atoms with Crippen LogP contribution >= 0.6 is 0 Å². The Morgan fingerprint density at radius 3 is 2.70 bits per heavy atom. The van der Waals surface area contributed by atoms with Crippen LogP contribution in [0.15, 0.2) is 18.2 Å². The molecule has 0 unspecified atom stereocenters. The highest BCUT2D eigenvalue weighted by molar-refractivity contribution is 5.42. The molecule has 0 aliphatic rings. The predicted molar refractivity (Wildman–Crippen MR) is 40.8 cm³/mol. The van der Waals surface area contributed by atoms with Gasteiger partial charge < -0.3 is 5.11 Å². The van der Waals surface area contributed by atoms with Crippen LogP contribution in [0.2, 0.25) is 0 Å². The zero-order valence-electron chi connectivity index (χ0n) is 5.76. The number of aromatic hydroxyl groups is 1. The van der Waals surface area contributed by atoms with Crippen molar-refractivity contribution in [1.29, 1.82) is 0 Å². The number of phenols is 1. The summed E-state index contributed by atoms with van der Waals surface area (Å²) in [6.45, 7) is 1.83. The van der Waals surface area contributed by atoms with E-state index in [0.717, 1.165) is 5.56 Å². The summed E-state index contributed by atoms with van der Waals surface area (Å²) in [6.07, 6.45) is 5.11. The molecule has 0 saturated heterocycles. The molecule has 0 aliphatic carbocycles. The van der Waals surface area contributed by atoms with Crippen molar-refractivity contribution < 1.29 is 5.11 Å². The molecule has 0 heterocycles. The van der Waals surface area contributed by atoms with Crippen molar-refractivity contribution in [3.05, 3.63) is 29.3 Å². The molecule has 0 saturated carbocycles. The van der Waals surface area contributed by atoms with E-state index in [1.165, 1.54) is 0 Å². The summed E-state index contributed by atoms with van der Waals surface area (Å²) in [5.74, 6) is 2.69. The largest absolute Gasteiger partial charge is 0.508 e. The molecule has 0 bridgehead atoms. The molecule has 10 heavy (non-hydrogen) atoms. The van der Waals surface area contributed by atoms with Crippen molar-refractivity contribution in [2.75, 3.05) is 0 Å². The Kier molecular flexibility index (Phi) is 1.64. The zero-order valence-corrected chi connectivity index (χ0v) is 5.76. The number of phenolic OH excluding ortho intramolecular Hbond substituents is 1. The molecule has 1 N–H and O–H groups in total. The Balaban J connectivity index is 3.20. The third-order valence-electron chi connectivity index (χ3n) is 1.38. The topological polar surface area (TPSA) is 20.2 Å². The summed E-state index contributed by atoms with van der Waals surface area (Å²) < 4.78 is 0. The van der Waals surface area contributed by atoms with Crippen molar-refractivity contribution in [2.45, 2.75) is 6.92 Å². The molecular weight excluding hydrogens is 124 g/mol. The van der Waals surface area contributed by atoms with Gasteiger partial charge in [-0.1, -0.05) is 12.0 Å². The Morgan fingerprint density at radius 2 is 2.20 bits per heavy atom. The summed E-state index contributed by atoms with van der Waals surface area (Å²) in [7, 11) is 0. The van der Waals surface area contributed by atoms with E-state index in [4.69, 9.17) is 11.5 Å². The van der Waals surface area contributed by atoms with Crippen LogP contribution in [-0.2, 0) is 0 Å². The summed E-state index contributed by atoms with van der Waals surface area (Å²) in [4.78, 5) is 0. The van der Waals surface area contributed by atoms with E-state index in [-0.39, 0.29) is 5.75 Å². The Morgan fingerprint density at radius 1 is 1.50 bits per heavy atom. The molecule has 0 aromatic heterocycles. The average Bonchev–Trinajstić information content (AvgIpc) is 1.95. The lowest BCUT2D eigenvalue weighted by Gasteiger charge is -1.96. The van der Waals surface area contributed by atoms with Gasteiger partial charge in [0.15, 0.2) is 0 Å². The highest BCUT2D eigenvalue weighted by Gasteiger charge is 1.93. The number of aryl methyl sites for hydroxylation is 1. The van der Waals surface area contributed by atoms with Crippen molar-refractivity contribution in [1.82, 2.24) is 0 Å². The fraction of sp³-hybridized carbons (Fsp3) is 0.111. The molecular formula is C9H8O. The van der Waals surface area contributed by atoms with Crippen molar-refractivity contribution >= 4 is 0 Å². The normalized spacial score (nSPS) is 8.80. The smallest absolute Gasteiger partial charge is 0.119 e. The molecule has 0 fully saturated rings. The number of benzene rings is 1. The first-order valence-corrected chi connectivity index (χ1v) is 3.00. The van der Waals surface area contributed by atoms with Gasteiger partial charge >= 0.3 is 0 Å². The number of terminal acetylenes is 1. The monoisotopic (exact) mass is 132 g/mol. The minimum absolute atomic E-state index is 0.260. The first-order chi connectivity index (χ1) is 4.74. The van der Waals surface area contributed by atoms with Crippen LogP contribution in [0.5, 0.6) is 5.75 Å². The van der Waals surface area contributed by atoms with Gasteiger partial charge in [0, 0.05) is 5.56 Å². The molecule has 1 heteroatoms. The SMILES string of the molecule is C#Cc1ccc(C)c(O)c1. The second-order valence-electron chi connectivity index (χ2n) is 2.15. The summed E-state index contributed by atoms with van der Waals surface area (Å²) in [5, 5.41) is 9.14. The molecule has 0 radical (unpaired) electrons. The van der Waals surface area contributed by atoms with E-state index in [1.54, 1.807) is 18.2 Å². The molecule has 1 rings (SSSR count). The van der Waals surface area contributed by atoms with Gasteiger partial charge in [-0.3, -0.25) is 0 Å². The van der Waals surface area contributed by atoms with E-state index in [2.05, 4.69) is 5.92 Å². The highest BCUT2D eigenvalue weighted by atomic mass is 16.3. The van der Waals surface area contributed by atoms with Gasteiger partial charge in [-0.05, 0) is 24.6 Å². The van der Waals surface area contributed by atoms with Gasteiger partial charge in [0.05, 0.1) is 0 Å². The third kappa shape index (κ3) is 1.11. The van der Waals surface area contributed by atoms with Crippen LogP contribution in [0.25, 0.3) is 0 Å². The highest BCUT2D eigenvalue weighted by Crippen LogP contribution is 2.16. The summed E-state index contributed by atoms with van der Waals surface area (Å²) >= 11 is 0. The molecule has 1 nitrogen and oxygen atoms in total. The number of rotatable bonds is 0. The second-order valence-corrected chi connectivity index (χ2v) is 2.15. The standard InChI is InChI=1S/C9H8O/c1-3-8-5-4-7(2)9(10)6-8/h1,4-6,10H,2H3. The Hall–Kier alpha value is -1.42. The van der Waals surface area contributed by atoms with Crippen molar-refractivity contribution in [3.8, 4) is 18.1 Å². The number of hydrogen-bond acceptors (Lipinski definition) is 1. The minimum Gasteiger partial charge on any atom is -0.508 e. The van der Waals surface area contributed by atoms with Crippen LogP contribution in [0.3, 0.4) is 0 Å². The van der Waals surface area contributed by atoms with E-state index in [1.807, 2.05) is 6.92 Å². The van der Waals surface area contributed by atoms with Gasteiger partial charge in [0.25, 0.3) is 0 Å². The lowest BCUT2D eigenvalue weighted by Crippen LogP contribution is -1.76. The lowest BCUT2D eigenvalue weighted by molar-refractivity contribution is 0.471. The van der Waals surface area contributed by atoms with E-state index in [9.17, 15) is 0 Å². The van der Waals surface area contributed by atoms with Gasteiger partial charge in [0.1, 0.15) is 5.75 Å². The van der Waals surface area contributed by atoms with Crippen LogP contribution in [0, 0.1) is 19.3 Å². The maximum atomic E-state index is 9.14. The molecule has 50 valence electrons. The summed E-state index contributed by atoms with van der Waals surface area (Å²) in [5.41, 5.74) is 1.56. The van der Waals surface area contributed by atoms with E-state index < -0.39 is 0 Å². The van der Waals surface area contributed by atoms with Crippen LogP contribution in [0.4, 0.5) is 0 Å². The van der Waals surface area contributed by atoms with Crippen LogP contribution < -0.4 is 0 Å². The minimum atomic E-state index is 0.260. The first kappa shape index (κ1) is 6.70. The second kappa shape index (κ2) is 2.45. The zero-order chi connectivity index (χ0) is 7.56. The Labute approximate surface area is 60.3 Å². The quantitative estimate of drug-likeness (QED) is 0.532. The fourth-order valence-electron chi connectivity index (χ4n) is 0.699. The maximum absolute atomic E-state index is 9.14. The van der Waals surface area contributed by atoms with Crippen molar-refractivity contribution in [3.63, 3.8) is 0 Å². The summed E-state index contributed by atoms with van der Waals surface area (Å²) in [6, 6.07) is 5.18. The fourth-order valence-corrected chi connectivity index (χ4v) is 0.699. The third-order valence-corrected chi connectivity index (χ3v) is 1.38. The Bertz CT molecular complexity index is 281. The average molecular weight is 132 g/mol. The first-order valence-electron chi connectivity index (χ1n) is 3.00. The molecule has 1 aromatic rings. The van der Waals surface area contributed by atoms with E-state index >= 15 is 0 Å². The lowest BCUT2D eigenvalue weighted by atomic mass is 10.1. The van der Waals surface area contributed by atoms with E-state index in [0.29, 0.717) is 5.56 Å².